The smallest absolute Gasteiger partial charge is 0.319 e. The van der Waals surface area contributed by atoms with Crippen LogP contribution in [-0.4, -0.2) is 90.7 Å². The Balaban J connectivity index is 1.09. The average Bonchev–Trinajstić information content (AvgIpc) is 3.48. The minimum Gasteiger partial charge on any atom is -0.463 e. The number of aliphatic hydroxyl groups is 1. The number of rotatable bonds is 7. The summed E-state index contributed by atoms with van der Waals surface area (Å²) in [5.74, 6) is 1.59. The van der Waals surface area contributed by atoms with Gasteiger partial charge < -0.3 is 29.7 Å². The number of ether oxygens (including phenoxy) is 2. The molecule has 8 nitrogen and oxygen atoms in total. The molecule has 5 fully saturated rings. The molecular formula is C38H43F2N5O3. The van der Waals surface area contributed by atoms with Gasteiger partial charge in [0.05, 0.1) is 24.9 Å². The zero-order valence-electron chi connectivity index (χ0n) is 27.5. The van der Waals surface area contributed by atoms with Crippen molar-refractivity contribution in [2.75, 3.05) is 57.4 Å². The Morgan fingerprint density at radius 3 is 2.62 bits per heavy atom. The molecule has 1 spiro atoms. The fourth-order valence-electron chi connectivity index (χ4n) is 9.51. The molecule has 2 aromatic carbocycles. The minimum absolute atomic E-state index is 0.0579. The third kappa shape index (κ3) is 5.17. The van der Waals surface area contributed by atoms with Crippen molar-refractivity contribution in [3.63, 3.8) is 0 Å². The number of hydrogen-bond acceptors (Lipinski definition) is 8. The van der Waals surface area contributed by atoms with Crippen molar-refractivity contribution in [1.29, 1.82) is 0 Å². The molecule has 2 aliphatic carbocycles. The lowest BCUT2D eigenvalue weighted by Gasteiger charge is -2.48. The molecule has 4 aliphatic heterocycles. The highest BCUT2D eigenvalue weighted by Crippen LogP contribution is 2.50. The number of nitrogens with one attached hydrogen (secondary N) is 1. The van der Waals surface area contributed by atoms with Gasteiger partial charge in [-0.25, -0.2) is 8.78 Å². The van der Waals surface area contributed by atoms with Crippen LogP contribution in [0.5, 0.6) is 6.01 Å². The van der Waals surface area contributed by atoms with Crippen molar-refractivity contribution in [1.82, 2.24) is 20.2 Å². The minimum atomic E-state index is -0.707. The highest BCUT2D eigenvalue weighted by Gasteiger charge is 2.52. The van der Waals surface area contributed by atoms with Crippen LogP contribution in [0.25, 0.3) is 10.9 Å². The number of nitrogens with zero attached hydrogens (tertiary/aromatic N) is 4. The van der Waals surface area contributed by atoms with Gasteiger partial charge in [0.15, 0.2) is 5.82 Å². The van der Waals surface area contributed by atoms with E-state index in [9.17, 15) is 5.11 Å². The highest BCUT2D eigenvalue weighted by molar-refractivity contribution is 5.92. The van der Waals surface area contributed by atoms with E-state index in [4.69, 9.17) is 25.9 Å². The number of halogens is 2. The Kier molecular flexibility index (Phi) is 7.25. The van der Waals surface area contributed by atoms with Gasteiger partial charge in [0, 0.05) is 79.1 Å². The first-order valence-electron chi connectivity index (χ1n) is 17.6. The SMILES string of the molecule is C#Cc1c(F)ccc2c1C(c1c(C)cc3c(N4CC5CCC(C4)N5)nc(OCC4(CN5CC6(CCOC6)C5)CC4)nc3c1F)C[C@H](O)C2. The molecule has 5 heterocycles. The number of hydrogen-bond donors (Lipinski definition) is 2. The first-order chi connectivity index (χ1) is 23.2. The summed E-state index contributed by atoms with van der Waals surface area (Å²) in [5.41, 5.74) is 3.15. The lowest BCUT2D eigenvalue weighted by Crippen LogP contribution is -2.58. The molecule has 4 saturated heterocycles. The third-order valence-electron chi connectivity index (χ3n) is 12.1. The third-order valence-corrected chi connectivity index (χ3v) is 12.1. The number of likely N-dealkylation sites (tertiary alicyclic amines) is 1. The largest absolute Gasteiger partial charge is 0.463 e. The molecule has 10 heteroatoms. The van der Waals surface area contributed by atoms with Crippen molar-refractivity contribution in [3.05, 3.63) is 57.7 Å². The fourth-order valence-corrected chi connectivity index (χ4v) is 9.51. The van der Waals surface area contributed by atoms with Crippen molar-refractivity contribution in [2.45, 2.75) is 76.0 Å². The molecule has 9 rings (SSSR count). The highest BCUT2D eigenvalue weighted by atomic mass is 19.1. The van der Waals surface area contributed by atoms with Crippen LogP contribution in [0.3, 0.4) is 0 Å². The van der Waals surface area contributed by atoms with Gasteiger partial charge in [-0.2, -0.15) is 9.97 Å². The van der Waals surface area contributed by atoms with Crippen LogP contribution in [0.4, 0.5) is 14.6 Å². The molecule has 6 aliphatic rings. The molecule has 1 aromatic heterocycles. The van der Waals surface area contributed by atoms with Gasteiger partial charge in [-0.3, -0.25) is 0 Å². The zero-order valence-corrected chi connectivity index (χ0v) is 27.5. The van der Waals surface area contributed by atoms with E-state index in [2.05, 4.69) is 21.0 Å². The normalized spacial score (nSPS) is 28.4. The van der Waals surface area contributed by atoms with Crippen LogP contribution >= 0.6 is 0 Å². The van der Waals surface area contributed by atoms with Gasteiger partial charge in [0.2, 0.25) is 0 Å². The molecule has 4 atom stereocenters. The maximum absolute atomic E-state index is 17.2. The quantitative estimate of drug-likeness (QED) is 0.362. The van der Waals surface area contributed by atoms with Crippen LogP contribution in [0.15, 0.2) is 18.2 Å². The Bertz CT molecular complexity index is 1810. The number of aryl methyl sites for hydroxylation is 1. The number of benzene rings is 2. The number of fused-ring (bicyclic) bond motifs is 4. The van der Waals surface area contributed by atoms with Crippen molar-refractivity contribution in [3.8, 4) is 18.4 Å². The predicted octanol–water partition coefficient (Wildman–Crippen LogP) is 4.46. The summed E-state index contributed by atoms with van der Waals surface area (Å²) in [7, 11) is 0. The fraction of sp³-hybridized carbons (Fsp3) is 0.579. The second-order valence-corrected chi connectivity index (χ2v) is 15.7. The van der Waals surface area contributed by atoms with Gasteiger partial charge >= 0.3 is 6.01 Å². The van der Waals surface area contributed by atoms with E-state index < -0.39 is 23.7 Å². The maximum atomic E-state index is 17.2. The molecule has 252 valence electrons. The summed E-state index contributed by atoms with van der Waals surface area (Å²) in [6, 6.07) is 5.87. The van der Waals surface area contributed by atoms with E-state index >= 15 is 8.78 Å². The molecule has 0 radical (unpaired) electrons. The summed E-state index contributed by atoms with van der Waals surface area (Å²) < 4.78 is 44.3. The summed E-state index contributed by atoms with van der Waals surface area (Å²) >= 11 is 0. The van der Waals surface area contributed by atoms with E-state index in [1.807, 2.05) is 13.0 Å². The van der Waals surface area contributed by atoms with E-state index in [-0.39, 0.29) is 28.9 Å². The molecule has 1 saturated carbocycles. The Morgan fingerprint density at radius 2 is 1.92 bits per heavy atom. The van der Waals surface area contributed by atoms with Crippen LogP contribution in [0.1, 0.15) is 72.3 Å². The molecule has 2 bridgehead atoms. The summed E-state index contributed by atoms with van der Waals surface area (Å²) in [5, 5.41) is 15.2. The number of aliphatic hydroxyl groups excluding tert-OH is 1. The topological polar surface area (TPSA) is 83.0 Å². The van der Waals surface area contributed by atoms with Gasteiger partial charge in [0.25, 0.3) is 0 Å². The Labute approximate surface area is 280 Å². The van der Waals surface area contributed by atoms with Gasteiger partial charge in [-0.15, -0.1) is 6.42 Å². The number of anilines is 1. The number of terminal acetylenes is 1. The summed E-state index contributed by atoms with van der Waals surface area (Å²) in [4.78, 5) is 14.5. The standard InChI is InChI=1S/C38H43F2N5O3/c1-3-27-30(39)7-4-23-13-26(46)14-28(32(23)27)31-22(2)12-29-34(33(31)40)42-36(43-35(29)45-15-24-5-6-25(16-45)41-24)48-21-37(8-9-37)17-44-18-38(19-44)10-11-47-20-38/h1,4,7,12,24-26,28,41,46H,5-6,8-11,13-21H2,2H3/t24?,25?,26-,28?/m1/s1. The van der Waals surface area contributed by atoms with E-state index in [1.54, 1.807) is 6.07 Å². The monoisotopic (exact) mass is 655 g/mol. The molecule has 0 amide bonds. The summed E-state index contributed by atoms with van der Waals surface area (Å²) in [6.07, 6.45) is 11.2. The van der Waals surface area contributed by atoms with Gasteiger partial charge in [-0.1, -0.05) is 12.0 Å². The lowest BCUT2D eigenvalue weighted by molar-refractivity contribution is -0.0239. The summed E-state index contributed by atoms with van der Waals surface area (Å²) in [6.45, 7) is 8.78. The Hall–Kier alpha value is -3.36. The molecule has 3 unspecified atom stereocenters. The average molecular weight is 656 g/mol. The van der Waals surface area contributed by atoms with Crippen molar-refractivity contribution < 1.29 is 23.4 Å². The van der Waals surface area contributed by atoms with E-state index in [0.717, 1.165) is 83.6 Å². The second kappa shape index (κ2) is 11.3. The van der Waals surface area contributed by atoms with Crippen molar-refractivity contribution in [2.24, 2.45) is 10.8 Å². The zero-order chi connectivity index (χ0) is 32.8. The van der Waals surface area contributed by atoms with Crippen LogP contribution < -0.4 is 15.0 Å². The van der Waals surface area contributed by atoms with Crippen LogP contribution in [0.2, 0.25) is 0 Å². The Morgan fingerprint density at radius 1 is 1.12 bits per heavy atom. The predicted molar refractivity (Wildman–Crippen MR) is 178 cm³/mol. The molecule has 2 N–H and O–H groups in total. The molecule has 48 heavy (non-hydrogen) atoms. The molecule has 3 aromatic rings. The molecular weight excluding hydrogens is 612 g/mol. The first kappa shape index (κ1) is 30.7. The van der Waals surface area contributed by atoms with Gasteiger partial charge in [-0.05, 0) is 80.7 Å². The van der Waals surface area contributed by atoms with E-state index in [1.165, 1.54) is 6.07 Å². The van der Waals surface area contributed by atoms with Crippen LogP contribution in [0, 0.1) is 41.7 Å². The van der Waals surface area contributed by atoms with Gasteiger partial charge in [0.1, 0.15) is 17.2 Å². The first-order valence-corrected chi connectivity index (χ1v) is 17.6. The lowest BCUT2D eigenvalue weighted by atomic mass is 9.74. The second-order valence-electron chi connectivity index (χ2n) is 15.7. The number of piperazine rings is 1. The maximum Gasteiger partial charge on any atom is 0.319 e. The van der Waals surface area contributed by atoms with Crippen LogP contribution in [-0.2, 0) is 11.2 Å². The number of aromatic nitrogens is 2. The van der Waals surface area contributed by atoms with Crippen molar-refractivity contribution >= 4 is 16.7 Å². The van der Waals surface area contributed by atoms with E-state index in [0.29, 0.717) is 58.4 Å².